The average molecular weight is 1130 g/mol. The fourth-order valence-corrected chi connectivity index (χ4v) is 12.7. The monoisotopic (exact) mass is 1130 g/mol. The van der Waals surface area contributed by atoms with Gasteiger partial charge in [0, 0.05) is 7.11 Å². The van der Waals surface area contributed by atoms with E-state index in [2.05, 4.69) is 53.0 Å². The van der Waals surface area contributed by atoms with E-state index < -0.39 is 136 Å². The van der Waals surface area contributed by atoms with Crippen LogP contribution in [0.1, 0.15) is 18.7 Å². The average Bonchev–Trinajstić information content (AvgIpc) is 4.17. The Kier molecular flexibility index (Phi) is 14.7. The van der Waals surface area contributed by atoms with E-state index in [9.17, 15) is 67.8 Å². The van der Waals surface area contributed by atoms with Crippen LogP contribution < -0.4 is 27.2 Å². The van der Waals surface area contributed by atoms with Crippen LogP contribution in [-0.4, -0.2) is 175 Å². The third kappa shape index (κ3) is 10.6. The number of fused-ring (bicyclic) bond motifs is 3. The van der Waals surface area contributed by atoms with Crippen LogP contribution in [0.2, 0.25) is 0 Å². The molecular weight excluding hydrogens is 1090 g/mol. The summed E-state index contributed by atoms with van der Waals surface area (Å²) in [4.78, 5) is 95.6. The minimum absolute atomic E-state index is 0.0128. The van der Waals surface area contributed by atoms with E-state index in [0.717, 1.165) is 41.6 Å². The fraction of sp³-hybridized carbons (Fsp3) is 0.531. The number of aromatic nitrogens is 12. The molecule has 7 unspecified atom stereocenters. The Morgan fingerprint density at radius 3 is 1.96 bits per heavy atom. The van der Waals surface area contributed by atoms with Crippen molar-refractivity contribution in [2.24, 2.45) is 7.05 Å². The van der Waals surface area contributed by atoms with E-state index in [0.29, 0.717) is 0 Å². The molecule has 14 N–H and O–H groups in total. The van der Waals surface area contributed by atoms with Crippen molar-refractivity contribution in [3.8, 4) is 0 Å². The summed E-state index contributed by atoms with van der Waals surface area (Å²) >= 11 is 0. The third-order valence-corrected chi connectivity index (χ3v) is 16.7. The highest BCUT2D eigenvalue weighted by Gasteiger charge is 2.54. The zero-order valence-electron chi connectivity index (χ0n) is 37.5. The van der Waals surface area contributed by atoms with Crippen LogP contribution >= 0.6 is 31.3 Å². The van der Waals surface area contributed by atoms with Gasteiger partial charge in [-0.25, -0.2) is 47.7 Å². The van der Waals surface area contributed by atoms with Gasteiger partial charge < -0.3 is 75.4 Å². The summed E-state index contributed by atoms with van der Waals surface area (Å²) in [5, 5.41) is 43.1. The first-order valence-corrected chi connectivity index (χ1v) is 26.9. The molecule has 16 atom stereocenters. The number of nitrogen functional groups attached to an aromatic ring is 2. The van der Waals surface area contributed by atoms with Crippen LogP contribution in [0.15, 0.2) is 41.2 Å². The molecule has 42 heteroatoms. The number of nitrogens with zero attached hydrogens (tertiary/aromatic N) is 10. The number of aliphatic hydroxyl groups excluding tert-OH is 4. The number of nitrogens with two attached hydrogens (primary N) is 2. The third-order valence-electron chi connectivity index (χ3n) is 11.5. The Morgan fingerprint density at radius 2 is 1.28 bits per heavy atom. The number of nitrogens with one attached hydrogen (secondary N) is 2. The minimum Gasteiger partial charge on any atom is -0.387 e. The number of methoxy groups -OCH3 is 1. The molecule has 3 saturated heterocycles. The van der Waals surface area contributed by atoms with Crippen molar-refractivity contribution in [1.29, 1.82) is 0 Å². The summed E-state index contributed by atoms with van der Waals surface area (Å²) in [5.74, 6) is -0.393. The largest absolute Gasteiger partial charge is 0.490 e. The van der Waals surface area contributed by atoms with Crippen LogP contribution in [0.25, 0.3) is 33.5 Å². The van der Waals surface area contributed by atoms with E-state index in [1.807, 2.05) is 0 Å². The van der Waals surface area contributed by atoms with Crippen molar-refractivity contribution in [2.75, 3.05) is 38.4 Å². The number of aryl methyl sites for hydroxylation is 1. The Balaban J connectivity index is 0.860. The number of rotatable bonds is 19. The second-order valence-electron chi connectivity index (χ2n) is 16.2. The number of aromatic amines is 2. The number of hydrogen-bond donors (Lipinski definition) is 12. The number of phosphoric acid groups is 4. The van der Waals surface area contributed by atoms with Crippen molar-refractivity contribution >= 4 is 76.5 Å². The van der Waals surface area contributed by atoms with Gasteiger partial charge in [0.1, 0.15) is 66.8 Å². The van der Waals surface area contributed by atoms with Gasteiger partial charge in [-0.1, -0.05) is 4.98 Å². The highest BCUT2D eigenvalue weighted by Crippen LogP contribution is 2.68. The van der Waals surface area contributed by atoms with Crippen molar-refractivity contribution in [3.05, 3.63) is 52.3 Å². The van der Waals surface area contributed by atoms with E-state index in [1.54, 1.807) is 0 Å². The second-order valence-corrected chi connectivity index (χ2v) is 22.3. The lowest BCUT2D eigenvalue weighted by atomic mass is 10.1. The van der Waals surface area contributed by atoms with Crippen molar-refractivity contribution in [1.82, 2.24) is 53.6 Å². The molecule has 0 amide bonds. The van der Waals surface area contributed by atoms with Crippen molar-refractivity contribution in [2.45, 2.75) is 73.6 Å². The van der Waals surface area contributed by atoms with Gasteiger partial charge in [-0.15, -0.1) is 0 Å². The van der Waals surface area contributed by atoms with Gasteiger partial charge in [0.15, 0.2) is 41.4 Å². The molecule has 3 aliphatic rings. The van der Waals surface area contributed by atoms with Crippen LogP contribution in [-0.2, 0) is 71.0 Å². The van der Waals surface area contributed by atoms with E-state index in [4.69, 9.17) is 44.0 Å². The Labute approximate surface area is 409 Å². The topological polar surface area (TPSA) is 536 Å². The van der Waals surface area contributed by atoms with Gasteiger partial charge in [0.25, 0.3) is 17.1 Å². The molecule has 404 valence electrons. The zero-order chi connectivity index (χ0) is 53.4. The first kappa shape index (κ1) is 53.9. The highest BCUT2D eigenvalue weighted by atomic mass is 31.3. The Bertz CT molecular complexity index is 3410. The van der Waals surface area contributed by atoms with Crippen molar-refractivity contribution in [3.63, 3.8) is 0 Å². The number of imidazole rings is 3. The van der Waals surface area contributed by atoms with Crippen molar-refractivity contribution < 1.29 is 108 Å². The summed E-state index contributed by atoms with van der Waals surface area (Å²) < 4.78 is 109. The second kappa shape index (κ2) is 20.2. The fourth-order valence-electron chi connectivity index (χ4n) is 8.21. The number of phosphoric ester groups is 3. The SMILES string of the molecule is CO[C@@H]1[C@H](OP(=O)(O)OCC2O[C@@H](n3cnc4c(=O)[nH]cnc43)[C@H](O)[C@@H]2O)C(COP(=O)(O)OP(=O)(O)OP(=O)(O)OC[C@H]2OC([n+]3cn(C)c4c(=O)[nH]c(N)nc43)[C@H](O)[C@@H]2O)O[C@H]1n1cnc2c(N)ncnc21. The van der Waals surface area contributed by atoms with Crippen LogP contribution in [0.5, 0.6) is 0 Å². The standard InChI is InChI=1S/C32H42N14O24P4/c1-43-10-46(26-16(43)28(52)42-32(34)41-26)30-20(50)18(48)12(66-30)4-63-72(55,56)69-74(59,60)70-73(57,58)64-5-13-21(22(61-2)31(67-13)45-8-39-14-23(33)35-6-36-24(14)45)68-71(53,54)62-3-11-17(47)19(49)29(65-11)44-9-40-15-25(44)37-7-38-27(15)51/h6-13,17-22,29-31,47-50H,3-5H2,1-2H3,(H9-,33,34,35,36,37,38,41,42,51,52,53,54,55,56,57,58,59,60)/p+1/t11?,12-,13?,17-,18-,19-,20-,21-,22-,29-,30?,31-/m1/s1. The maximum atomic E-state index is 13.6. The van der Waals surface area contributed by atoms with Gasteiger partial charge in [-0.05, 0) is 0 Å². The number of ether oxygens (including phenoxy) is 4. The van der Waals surface area contributed by atoms with E-state index >= 15 is 0 Å². The maximum Gasteiger partial charge on any atom is 0.490 e. The maximum absolute atomic E-state index is 13.6. The first-order chi connectivity index (χ1) is 34.8. The molecule has 74 heavy (non-hydrogen) atoms. The zero-order valence-corrected chi connectivity index (χ0v) is 41.0. The van der Waals surface area contributed by atoms with Crippen LogP contribution in [0.4, 0.5) is 11.8 Å². The molecule has 0 spiro atoms. The molecule has 3 aliphatic heterocycles. The minimum atomic E-state index is -6.20. The number of anilines is 2. The first-order valence-electron chi connectivity index (χ1n) is 20.9. The molecule has 0 saturated carbocycles. The Hall–Kier alpha value is -4.95. The lowest BCUT2D eigenvalue weighted by Gasteiger charge is -2.26. The number of hydrogen-bond acceptors (Lipinski definition) is 28. The summed E-state index contributed by atoms with van der Waals surface area (Å²) in [7, 11) is -20.9. The van der Waals surface area contributed by atoms with Gasteiger partial charge in [0.05, 0.1) is 45.9 Å². The molecule has 3 fully saturated rings. The smallest absolute Gasteiger partial charge is 0.387 e. The quantitative estimate of drug-likeness (QED) is 0.0270. The molecular formula is C32H43N14O24P4+. The predicted molar refractivity (Wildman–Crippen MR) is 235 cm³/mol. The molecule has 9 heterocycles. The molecule has 9 rings (SSSR count). The highest BCUT2D eigenvalue weighted by molar-refractivity contribution is 7.66. The normalized spacial score (nSPS) is 30.7. The summed E-state index contributed by atoms with van der Waals surface area (Å²) in [6.45, 7) is -3.36. The predicted octanol–water partition coefficient (Wildman–Crippen LogP) is -4.29. The molecule has 0 bridgehead atoms. The molecule has 0 radical (unpaired) electrons. The van der Waals surface area contributed by atoms with Crippen LogP contribution in [0, 0.1) is 0 Å². The molecule has 38 nitrogen and oxygen atoms in total. The van der Waals surface area contributed by atoms with Crippen LogP contribution in [0.3, 0.4) is 0 Å². The summed E-state index contributed by atoms with van der Waals surface area (Å²) in [6, 6.07) is 0. The molecule has 0 aliphatic carbocycles. The molecule has 6 aromatic rings. The summed E-state index contributed by atoms with van der Waals surface area (Å²) in [5.41, 5.74) is 10.1. The van der Waals surface area contributed by atoms with E-state index in [-0.39, 0.29) is 45.3 Å². The van der Waals surface area contributed by atoms with E-state index in [1.165, 1.54) is 22.5 Å². The lowest BCUT2D eigenvalue weighted by Crippen LogP contribution is -2.46. The molecule has 6 aromatic heterocycles. The van der Waals surface area contributed by atoms with Gasteiger partial charge in [0.2, 0.25) is 11.7 Å². The van der Waals surface area contributed by atoms with Gasteiger partial charge in [-0.2, -0.15) is 8.62 Å². The Morgan fingerprint density at radius 1 is 0.703 bits per heavy atom. The number of aliphatic hydroxyl groups is 4. The lowest BCUT2D eigenvalue weighted by molar-refractivity contribution is -0.745. The molecule has 0 aromatic carbocycles. The summed E-state index contributed by atoms with van der Waals surface area (Å²) in [6.07, 6.45) is -14.5. The number of H-pyrrole nitrogens is 2. The van der Waals surface area contributed by atoms with Gasteiger partial charge >= 0.3 is 36.9 Å². The van der Waals surface area contributed by atoms with Gasteiger partial charge in [-0.3, -0.25) is 46.4 Å².